The molecule has 1 aromatic carbocycles. The molecule has 3 aromatic rings. The van der Waals surface area contributed by atoms with Crippen LogP contribution < -0.4 is 9.64 Å². The topological polar surface area (TPSA) is 67.8 Å². The maximum absolute atomic E-state index is 12.7. The van der Waals surface area contributed by atoms with Crippen LogP contribution in [0.15, 0.2) is 41.8 Å². The Morgan fingerprint density at radius 1 is 1.09 bits per heavy atom. The molecule has 168 valence electrons. The molecular formula is C24H28N4O3S. The highest BCUT2D eigenvalue weighted by Crippen LogP contribution is 2.27. The summed E-state index contributed by atoms with van der Waals surface area (Å²) in [5.74, 6) is 2.58. The number of nitrogens with zero attached hydrogens (tertiary/aromatic N) is 4. The number of anilines is 1. The highest BCUT2D eigenvalue weighted by atomic mass is 32.1. The fourth-order valence-corrected chi connectivity index (χ4v) is 4.69. The van der Waals surface area contributed by atoms with Gasteiger partial charge >= 0.3 is 0 Å². The normalized spacial score (nSPS) is 14.0. The number of rotatable bonds is 7. The summed E-state index contributed by atoms with van der Waals surface area (Å²) in [6.07, 6.45) is 0.680. The molecule has 7 nitrogen and oxygen atoms in total. The number of hydrogen-bond acceptors (Lipinski definition) is 7. The van der Waals surface area contributed by atoms with Gasteiger partial charge in [-0.3, -0.25) is 4.79 Å². The van der Waals surface area contributed by atoms with Gasteiger partial charge in [-0.25, -0.2) is 9.97 Å². The molecule has 0 N–H and O–H groups in total. The Hall–Kier alpha value is -2.97. The van der Waals surface area contributed by atoms with Gasteiger partial charge < -0.3 is 19.3 Å². The van der Waals surface area contributed by atoms with E-state index in [-0.39, 0.29) is 5.91 Å². The SMILES string of the molecule is COCc1nc(C)nc(N2CCN(C(=O)c3cccs3)CC2)c1Cc1cccc(OC)c1. The molecule has 0 bridgehead atoms. The van der Waals surface area contributed by atoms with Crippen molar-refractivity contribution in [2.24, 2.45) is 0 Å². The number of ether oxygens (including phenoxy) is 2. The molecule has 4 rings (SSSR count). The maximum atomic E-state index is 12.7. The molecule has 2 aromatic heterocycles. The first-order valence-electron chi connectivity index (χ1n) is 10.6. The van der Waals surface area contributed by atoms with Crippen LogP contribution in [0.3, 0.4) is 0 Å². The summed E-state index contributed by atoms with van der Waals surface area (Å²) in [7, 11) is 3.36. The lowest BCUT2D eigenvalue weighted by atomic mass is 10.0. The quantitative estimate of drug-likeness (QED) is 0.546. The predicted molar refractivity (Wildman–Crippen MR) is 126 cm³/mol. The average Bonchev–Trinajstić information content (AvgIpc) is 3.35. The highest BCUT2D eigenvalue weighted by Gasteiger charge is 2.26. The first-order valence-corrected chi connectivity index (χ1v) is 11.5. The number of amides is 1. The molecule has 0 atom stereocenters. The van der Waals surface area contributed by atoms with E-state index in [2.05, 4.69) is 16.0 Å². The Morgan fingerprint density at radius 3 is 2.59 bits per heavy atom. The van der Waals surface area contributed by atoms with Crippen LogP contribution in [0.25, 0.3) is 0 Å². The number of benzene rings is 1. The summed E-state index contributed by atoms with van der Waals surface area (Å²) in [6, 6.07) is 11.9. The highest BCUT2D eigenvalue weighted by molar-refractivity contribution is 7.12. The van der Waals surface area contributed by atoms with E-state index >= 15 is 0 Å². The third kappa shape index (κ3) is 4.92. The zero-order chi connectivity index (χ0) is 22.5. The van der Waals surface area contributed by atoms with Crippen molar-refractivity contribution in [1.29, 1.82) is 0 Å². The van der Waals surface area contributed by atoms with E-state index in [9.17, 15) is 4.79 Å². The largest absolute Gasteiger partial charge is 0.497 e. The monoisotopic (exact) mass is 452 g/mol. The van der Waals surface area contributed by atoms with Crippen molar-refractivity contribution in [2.45, 2.75) is 20.0 Å². The first kappa shape index (κ1) is 22.2. The number of carbonyl (C=O) groups excluding carboxylic acids is 1. The lowest BCUT2D eigenvalue weighted by Gasteiger charge is -2.36. The first-order chi connectivity index (χ1) is 15.6. The van der Waals surface area contributed by atoms with Crippen LogP contribution in [0.2, 0.25) is 0 Å². The van der Waals surface area contributed by atoms with Crippen molar-refractivity contribution < 1.29 is 14.3 Å². The smallest absolute Gasteiger partial charge is 0.264 e. The summed E-state index contributed by atoms with van der Waals surface area (Å²) < 4.78 is 10.9. The van der Waals surface area contributed by atoms with E-state index in [1.165, 1.54) is 11.3 Å². The third-order valence-electron chi connectivity index (χ3n) is 5.58. The van der Waals surface area contributed by atoms with E-state index in [1.54, 1.807) is 14.2 Å². The van der Waals surface area contributed by atoms with E-state index in [0.717, 1.165) is 52.2 Å². The molecule has 0 unspecified atom stereocenters. The van der Waals surface area contributed by atoms with Gasteiger partial charge in [0.2, 0.25) is 0 Å². The van der Waals surface area contributed by atoms with Gasteiger partial charge in [-0.1, -0.05) is 18.2 Å². The lowest BCUT2D eigenvalue weighted by molar-refractivity contribution is 0.0751. The lowest BCUT2D eigenvalue weighted by Crippen LogP contribution is -2.49. The van der Waals surface area contributed by atoms with Gasteiger partial charge in [0.1, 0.15) is 17.4 Å². The van der Waals surface area contributed by atoms with Crippen molar-refractivity contribution in [3.63, 3.8) is 0 Å². The molecule has 3 heterocycles. The van der Waals surface area contributed by atoms with Gasteiger partial charge in [-0.2, -0.15) is 0 Å². The fourth-order valence-electron chi connectivity index (χ4n) is 4.00. The Balaban J connectivity index is 1.59. The minimum atomic E-state index is 0.107. The summed E-state index contributed by atoms with van der Waals surface area (Å²) in [5, 5.41) is 1.94. The maximum Gasteiger partial charge on any atom is 0.264 e. The Morgan fingerprint density at radius 2 is 1.91 bits per heavy atom. The molecule has 0 radical (unpaired) electrons. The van der Waals surface area contributed by atoms with Crippen LogP contribution in [0.5, 0.6) is 5.75 Å². The number of piperazine rings is 1. The molecule has 8 heteroatoms. The van der Waals surface area contributed by atoms with Gasteiger partial charge in [0.25, 0.3) is 5.91 Å². The summed E-state index contributed by atoms with van der Waals surface area (Å²) in [6.45, 7) is 5.12. The molecule has 1 saturated heterocycles. The molecule has 1 fully saturated rings. The predicted octanol–water partition coefficient (Wildman–Crippen LogP) is 3.55. The second-order valence-corrected chi connectivity index (χ2v) is 8.69. The second-order valence-electron chi connectivity index (χ2n) is 7.74. The Kier molecular flexibility index (Phi) is 7.02. The third-order valence-corrected chi connectivity index (χ3v) is 6.44. The van der Waals surface area contributed by atoms with Crippen LogP contribution in [0.4, 0.5) is 5.82 Å². The van der Waals surface area contributed by atoms with E-state index in [4.69, 9.17) is 14.5 Å². The second kappa shape index (κ2) is 10.1. The number of methoxy groups -OCH3 is 2. The minimum absolute atomic E-state index is 0.107. The van der Waals surface area contributed by atoms with Gasteiger partial charge in [0, 0.05) is 45.3 Å². The van der Waals surface area contributed by atoms with Crippen molar-refractivity contribution in [1.82, 2.24) is 14.9 Å². The van der Waals surface area contributed by atoms with E-state index < -0.39 is 0 Å². The number of aryl methyl sites for hydroxylation is 1. The zero-order valence-electron chi connectivity index (χ0n) is 18.7. The van der Waals surface area contributed by atoms with E-state index in [1.807, 2.05) is 47.5 Å². The molecule has 32 heavy (non-hydrogen) atoms. The molecular weight excluding hydrogens is 424 g/mol. The number of aromatic nitrogens is 2. The number of hydrogen-bond donors (Lipinski definition) is 0. The number of carbonyl (C=O) groups is 1. The Bertz CT molecular complexity index is 1060. The summed E-state index contributed by atoms with van der Waals surface area (Å²) in [4.78, 5) is 27.2. The fraction of sp³-hybridized carbons (Fsp3) is 0.375. The molecule has 1 aliphatic rings. The van der Waals surface area contributed by atoms with Crippen LogP contribution in [-0.4, -0.2) is 61.2 Å². The van der Waals surface area contributed by atoms with Crippen molar-refractivity contribution in [3.8, 4) is 5.75 Å². The number of thiophene rings is 1. The molecule has 0 spiro atoms. The van der Waals surface area contributed by atoms with Gasteiger partial charge in [0.15, 0.2) is 0 Å². The molecule has 0 saturated carbocycles. The standard InChI is InChI=1S/C24H28N4O3S/c1-17-25-21(16-30-2)20(15-18-6-4-7-19(14-18)31-3)23(26-17)27-9-11-28(12-10-27)24(29)22-8-5-13-32-22/h4-8,13-14H,9-12,15-16H2,1-3H3. The van der Waals surface area contributed by atoms with Crippen molar-refractivity contribution in [2.75, 3.05) is 45.3 Å². The van der Waals surface area contributed by atoms with Crippen LogP contribution in [0.1, 0.15) is 32.3 Å². The average molecular weight is 453 g/mol. The summed E-state index contributed by atoms with van der Waals surface area (Å²) in [5.41, 5.74) is 3.08. The minimum Gasteiger partial charge on any atom is -0.497 e. The molecule has 1 aliphatic heterocycles. The zero-order valence-corrected chi connectivity index (χ0v) is 19.5. The van der Waals surface area contributed by atoms with Gasteiger partial charge in [-0.05, 0) is 36.1 Å². The molecule has 0 aliphatic carbocycles. The summed E-state index contributed by atoms with van der Waals surface area (Å²) >= 11 is 1.49. The van der Waals surface area contributed by atoms with Crippen LogP contribution >= 0.6 is 11.3 Å². The Labute approximate surface area is 192 Å². The molecule has 1 amide bonds. The van der Waals surface area contributed by atoms with Gasteiger partial charge in [0.05, 0.1) is 24.3 Å². The van der Waals surface area contributed by atoms with Crippen molar-refractivity contribution >= 4 is 23.1 Å². The van der Waals surface area contributed by atoms with Crippen LogP contribution in [0, 0.1) is 6.92 Å². The van der Waals surface area contributed by atoms with Crippen molar-refractivity contribution in [3.05, 3.63) is 69.3 Å². The van der Waals surface area contributed by atoms with Crippen LogP contribution in [-0.2, 0) is 17.8 Å². The van der Waals surface area contributed by atoms with E-state index in [0.29, 0.717) is 26.1 Å². The van der Waals surface area contributed by atoms with Gasteiger partial charge in [-0.15, -0.1) is 11.3 Å².